The highest BCUT2D eigenvalue weighted by molar-refractivity contribution is 5.87. The smallest absolute Gasteiger partial charge is 0.243 e. The molecule has 1 heterocycles. The minimum absolute atomic E-state index is 0.0131. The maximum absolute atomic E-state index is 11.3. The average Bonchev–Trinajstić information content (AvgIpc) is 3.13. The van der Waals surface area contributed by atoms with Crippen LogP contribution in [0.1, 0.15) is 18.0 Å². The highest BCUT2D eigenvalue weighted by atomic mass is 16.6. The fourth-order valence-electron chi connectivity index (χ4n) is 1.66. The molecule has 2 atom stereocenters. The summed E-state index contributed by atoms with van der Waals surface area (Å²) in [4.78, 5) is 11.3. The first-order valence-electron chi connectivity index (χ1n) is 5.39. The molecule has 0 aliphatic carbocycles. The molecule has 0 aromatic heterocycles. The Bertz CT molecular complexity index is 371. The van der Waals surface area contributed by atoms with E-state index in [-0.39, 0.29) is 18.1 Å². The number of nitrogens with one attached hydrogen (secondary N) is 1. The highest BCUT2D eigenvalue weighted by Gasteiger charge is 2.27. The van der Waals surface area contributed by atoms with Crippen molar-refractivity contribution in [2.24, 2.45) is 0 Å². The number of hydrogen-bond acceptors (Lipinski definition) is 2. The lowest BCUT2D eigenvalue weighted by atomic mass is 10.0. The molecule has 16 heavy (non-hydrogen) atoms. The molecule has 0 spiro atoms. The van der Waals surface area contributed by atoms with Gasteiger partial charge in [-0.3, -0.25) is 4.79 Å². The molecule has 0 saturated carbocycles. The Labute approximate surface area is 95.1 Å². The number of ether oxygens (including phenoxy) is 1. The van der Waals surface area contributed by atoms with E-state index < -0.39 is 0 Å². The van der Waals surface area contributed by atoms with Crippen molar-refractivity contribution in [2.75, 3.05) is 6.61 Å². The van der Waals surface area contributed by atoms with Crippen molar-refractivity contribution in [3.8, 4) is 0 Å². The van der Waals surface area contributed by atoms with E-state index in [2.05, 4.69) is 11.9 Å². The third-order valence-electron chi connectivity index (χ3n) is 2.60. The molecule has 2 rings (SSSR count). The van der Waals surface area contributed by atoms with Crippen LogP contribution in [0.2, 0.25) is 0 Å². The van der Waals surface area contributed by atoms with E-state index in [4.69, 9.17) is 4.74 Å². The second kappa shape index (κ2) is 4.94. The molecule has 1 aliphatic rings. The van der Waals surface area contributed by atoms with Gasteiger partial charge in [-0.1, -0.05) is 36.9 Å². The highest BCUT2D eigenvalue weighted by Crippen LogP contribution is 2.25. The Kier molecular flexibility index (Phi) is 3.37. The second-order valence-corrected chi connectivity index (χ2v) is 3.87. The van der Waals surface area contributed by atoms with Gasteiger partial charge in [0, 0.05) is 6.42 Å². The van der Waals surface area contributed by atoms with Gasteiger partial charge in [0.2, 0.25) is 5.91 Å². The number of hydrogen-bond donors (Lipinski definition) is 1. The summed E-state index contributed by atoms with van der Waals surface area (Å²) in [5, 5.41) is 2.92. The van der Waals surface area contributed by atoms with Crippen LogP contribution in [0.5, 0.6) is 0 Å². The van der Waals surface area contributed by atoms with Gasteiger partial charge in [0.25, 0.3) is 0 Å². The zero-order valence-electron chi connectivity index (χ0n) is 9.06. The maximum Gasteiger partial charge on any atom is 0.243 e. The van der Waals surface area contributed by atoms with Crippen LogP contribution >= 0.6 is 0 Å². The van der Waals surface area contributed by atoms with Crippen LogP contribution in [0, 0.1) is 0 Å². The number of carbonyl (C=O) groups excluding carboxylic acids is 1. The summed E-state index contributed by atoms with van der Waals surface area (Å²) in [6, 6.07) is 9.93. The maximum atomic E-state index is 11.3. The normalized spacial score (nSPS) is 19.9. The number of benzene rings is 1. The van der Waals surface area contributed by atoms with E-state index in [0.717, 1.165) is 18.6 Å². The van der Waals surface area contributed by atoms with E-state index in [1.165, 1.54) is 6.08 Å². The molecule has 1 fully saturated rings. The predicted octanol–water partition coefficient (Wildman–Crippen LogP) is 1.82. The lowest BCUT2D eigenvalue weighted by Gasteiger charge is -2.17. The Hall–Kier alpha value is -1.61. The number of rotatable bonds is 5. The Morgan fingerprint density at radius 3 is 2.81 bits per heavy atom. The van der Waals surface area contributed by atoms with Gasteiger partial charge in [-0.15, -0.1) is 0 Å². The molecule has 2 unspecified atom stereocenters. The predicted molar refractivity (Wildman–Crippen MR) is 61.9 cm³/mol. The molecule has 0 bridgehead atoms. The van der Waals surface area contributed by atoms with Crippen LogP contribution in [0.15, 0.2) is 43.0 Å². The summed E-state index contributed by atoms with van der Waals surface area (Å²) in [7, 11) is 0. The van der Waals surface area contributed by atoms with Gasteiger partial charge in [0.15, 0.2) is 0 Å². The summed E-state index contributed by atoms with van der Waals surface area (Å²) in [5.41, 5.74) is 1.10. The molecular weight excluding hydrogens is 202 g/mol. The van der Waals surface area contributed by atoms with Crippen LogP contribution < -0.4 is 5.32 Å². The third-order valence-corrected chi connectivity index (χ3v) is 2.60. The van der Waals surface area contributed by atoms with Crippen LogP contribution in [-0.2, 0) is 9.53 Å². The molecule has 1 aliphatic heterocycles. The average molecular weight is 217 g/mol. The van der Waals surface area contributed by atoms with Crippen molar-refractivity contribution in [3.05, 3.63) is 48.6 Å². The van der Waals surface area contributed by atoms with Crippen molar-refractivity contribution in [1.29, 1.82) is 0 Å². The van der Waals surface area contributed by atoms with Crippen LogP contribution in [0.25, 0.3) is 0 Å². The SMILES string of the molecule is C=CC(=O)NC(CC1CO1)c1ccccc1. The van der Waals surface area contributed by atoms with Gasteiger partial charge in [-0.05, 0) is 11.6 Å². The van der Waals surface area contributed by atoms with E-state index in [9.17, 15) is 4.79 Å². The zero-order valence-corrected chi connectivity index (χ0v) is 9.06. The molecule has 1 aromatic rings. The van der Waals surface area contributed by atoms with E-state index in [1.54, 1.807) is 0 Å². The standard InChI is InChI=1S/C13H15NO2/c1-2-13(15)14-12(8-11-9-16-11)10-6-4-3-5-7-10/h2-7,11-12H,1,8-9H2,(H,14,15). The van der Waals surface area contributed by atoms with Gasteiger partial charge in [0.05, 0.1) is 18.8 Å². The summed E-state index contributed by atoms with van der Waals surface area (Å²) < 4.78 is 5.20. The third kappa shape index (κ3) is 2.94. The fourth-order valence-corrected chi connectivity index (χ4v) is 1.66. The summed E-state index contributed by atoms with van der Waals surface area (Å²) in [6.07, 6.45) is 2.41. The molecule has 84 valence electrons. The minimum Gasteiger partial charge on any atom is -0.373 e. The van der Waals surface area contributed by atoms with Crippen molar-refractivity contribution in [2.45, 2.75) is 18.6 Å². The number of epoxide rings is 1. The second-order valence-electron chi connectivity index (χ2n) is 3.87. The minimum atomic E-state index is -0.144. The summed E-state index contributed by atoms with van der Waals surface area (Å²) in [6.45, 7) is 4.26. The van der Waals surface area contributed by atoms with E-state index in [1.807, 2.05) is 30.3 Å². The molecule has 1 amide bonds. The monoisotopic (exact) mass is 217 g/mol. The molecule has 1 saturated heterocycles. The van der Waals surface area contributed by atoms with Crippen LogP contribution in [0.3, 0.4) is 0 Å². The van der Waals surface area contributed by atoms with Crippen molar-refractivity contribution < 1.29 is 9.53 Å². The first-order chi connectivity index (χ1) is 7.79. The fraction of sp³-hybridized carbons (Fsp3) is 0.308. The molecule has 1 aromatic carbocycles. The lowest BCUT2D eigenvalue weighted by Crippen LogP contribution is -2.27. The molecular formula is C13H15NO2. The molecule has 3 heteroatoms. The molecule has 0 radical (unpaired) electrons. The number of amides is 1. The van der Waals surface area contributed by atoms with Crippen LogP contribution in [0.4, 0.5) is 0 Å². The van der Waals surface area contributed by atoms with E-state index >= 15 is 0 Å². The quantitative estimate of drug-likeness (QED) is 0.603. The molecule has 3 nitrogen and oxygen atoms in total. The Balaban J connectivity index is 2.06. The van der Waals surface area contributed by atoms with Gasteiger partial charge in [0.1, 0.15) is 0 Å². The number of carbonyl (C=O) groups is 1. The van der Waals surface area contributed by atoms with Gasteiger partial charge >= 0.3 is 0 Å². The van der Waals surface area contributed by atoms with Crippen molar-refractivity contribution >= 4 is 5.91 Å². The van der Waals surface area contributed by atoms with Crippen molar-refractivity contribution in [3.63, 3.8) is 0 Å². The lowest BCUT2D eigenvalue weighted by molar-refractivity contribution is -0.117. The summed E-state index contributed by atoms with van der Waals surface area (Å²) >= 11 is 0. The Morgan fingerprint density at radius 1 is 1.56 bits per heavy atom. The summed E-state index contributed by atoms with van der Waals surface area (Å²) in [5.74, 6) is -0.144. The first kappa shape index (κ1) is 10.9. The van der Waals surface area contributed by atoms with Gasteiger partial charge in [-0.25, -0.2) is 0 Å². The zero-order chi connectivity index (χ0) is 11.4. The van der Waals surface area contributed by atoms with Gasteiger partial charge < -0.3 is 10.1 Å². The molecule has 1 N–H and O–H groups in total. The van der Waals surface area contributed by atoms with E-state index in [0.29, 0.717) is 0 Å². The Morgan fingerprint density at radius 2 is 2.25 bits per heavy atom. The van der Waals surface area contributed by atoms with Gasteiger partial charge in [-0.2, -0.15) is 0 Å². The first-order valence-corrected chi connectivity index (χ1v) is 5.39. The van der Waals surface area contributed by atoms with Crippen molar-refractivity contribution in [1.82, 2.24) is 5.32 Å². The largest absolute Gasteiger partial charge is 0.373 e. The van der Waals surface area contributed by atoms with Crippen LogP contribution in [-0.4, -0.2) is 18.6 Å². The topological polar surface area (TPSA) is 41.6 Å².